The molecule has 0 aromatic heterocycles. The SMILES string of the molecule is C1NCC2NCC12. The molecule has 0 aliphatic carbocycles. The molecule has 2 nitrogen and oxygen atoms in total. The largest absolute Gasteiger partial charge is 0.315 e. The molecule has 2 atom stereocenters. The fraction of sp³-hybridized carbons (Fsp3) is 1.00. The van der Waals surface area contributed by atoms with Gasteiger partial charge in [-0.05, 0) is 0 Å². The first-order valence-corrected chi connectivity index (χ1v) is 2.91. The molecular weight excluding hydrogens is 88.1 g/mol. The minimum absolute atomic E-state index is 0.833. The number of hydrogen-bond acceptors (Lipinski definition) is 2. The summed E-state index contributed by atoms with van der Waals surface area (Å²) in [4.78, 5) is 0. The average Bonchev–Trinajstić information content (AvgIpc) is 1.85. The van der Waals surface area contributed by atoms with Crippen LogP contribution in [0.4, 0.5) is 0 Å². The van der Waals surface area contributed by atoms with Gasteiger partial charge in [-0.1, -0.05) is 0 Å². The molecular formula is C5H10N2. The summed E-state index contributed by atoms with van der Waals surface area (Å²) < 4.78 is 0. The van der Waals surface area contributed by atoms with Gasteiger partial charge in [-0.15, -0.1) is 0 Å². The Bertz CT molecular complexity index is 72.1. The van der Waals surface area contributed by atoms with E-state index in [0.29, 0.717) is 0 Å². The van der Waals surface area contributed by atoms with E-state index in [1.807, 2.05) is 0 Å². The first-order valence-electron chi connectivity index (χ1n) is 2.91. The Balaban J connectivity index is 2.03. The maximum Gasteiger partial charge on any atom is 0.0245 e. The summed E-state index contributed by atoms with van der Waals surface area (Å²) in [7, 11) is 0. The van der Waals surface area contributed by atoms with Crippen molar-refractivity contribution in [3.63, 3.8) is 0 Å². The van der Waals surface area contributed by atoms with Crippen LogP contribution in [0, 0.1) is 5.92 Å². The van der Waals surface area contributed by atoms with E-state index in [4.69, 9.17) is 0 Å². The van der Waals surface area contributed by atoms with Gasteiger partial charge in [0, 0.05) is 31.6 Å². The van der Waals surface area contributed by atoms with Crippen LogP contribution in [-0.4, -0.2) is 25.7 Å². The highest BCUT2D eigenvalue weighted by molar-refractivity contribution is 4.95. The zero-order chi connectivity index (χ0) is 4.69. The Morgan fingerprint density at radius 1 is 1.14 bits per heavy atom. The highest BCUT2D eigenvalue weighted by Gasteiger charge is 2.33. The molecule has 40 valence electrons. The zero-order valence-electron chi connectivity index (χ0n) is 4.28. The Kier molecular flexibility index (Phi) is 0.664. The second kappa shape index (κ2) is 1.20. The van der Waals surface area contributed by atoms with Crippen LogP contribution in [-0.2, 0) is 0 Å². The van der Waals surface area contributed by atoms with E-state index in [2.05, 4.69) is 10.6 Å². The standard InChI is InChI=1S/C5H10N2/c1-4-2-7-5(4)3-6-1/h4-7H,1-3H2. The van der Waals surface area contributed by atoms with E-state index in [1.165, 1.54) is 19.6 Å². The number of nitrogens with one attached hydrogen (secondary N) is 2. The van der Waals surface area contributed by atoms with Crippen LogP contribution in [0.1, 0.15) is 0 Å². The predicted molar refractivity (Wildman–Crippen MR) is 28.2 cm³/mol. The van der Waals surface area contributed by atoms with Gasteiger partial charge in [0.05, 0.1) is 0 Å². The molecule has 2 aliphatic heterocycles. The molecule has 0 saturated carbocycles. The molecule has 2 fully saturated rings. The molecule has 7 heavy (non-hydrogen) atoms. The van der Waals surface area contributed by atoms with Crippen molar-refractivity contribution < 1.29 is 0 Å². The Morgan fingerprint density at radius 2 is 2.14 bits per heavy atom. The van der Waals surface area contributed by atoms with Crippen molar-refractivity contribution in [3.8, 4) is 0 Å². The molecule has 2 saturated heterocycles. The summed E-state index contributed by atoms with van der Waals surface area (Å²) >= 11 is 0. The van der Waals surface area contributed by atoms with E-state index >= 15 is 0 Å². The van der Waals surface area contributed by atoms with Gasteiger partial charge in [0.2, 0.25) is 0 Å². The summed E-state index contributed by atoms with van der Waals surface area (Å²) in [6.07, 6.45) is 0. The highest BCUT2D eigenvalue weighted by Crippen LogP contribution is 2.15. The highest BCUT2D eigenvalue weighted by atomic mass is 15.1. The van der Waals surface area contributed by atoms with Gasteiger partial charge < -0.3 is 10.6 Å². The fourth-order valence-corrected chi connectivity index (χ4v) is 1.33. The van der Waals surface area contributed by atoms with Crippen LogP contribution >= 0.6 is 0 Å². The van der Waals surface area contributed by atoms with Crippen LogP contribution in [0.25, 0.3) is 0 Å². The van der Waals surface area contributed by atoms with E-state index in [9.17, 15) is 0 Å². The summed E-state index contributed by atoms with van der Waals surface area (Å²) in [6.45, 7) is 3.69. The van der Waals surface area contributed by atoms with Crippen molar-refractivity contribution in [2.75, 3.05) is 19.6 Å². The first kappa shape index (κ1) is 3.87. The minimum Gasteiger partial charge on any atom is -0.315 e. The summed E-state index contributed by atoms with van der Waals surface area (Å²) in [5.41, 5.74) is 0. The van der Waals surface area contributed by atoms with Crippen LogP contribution in [0.3, 0.4) is 0 Å². The minimum atomic E-state index is 0.833. The normalized spacial score (nSPS) is 48.0. The molecule has 0 aromatic rings. The lowest BCUT2D eigenvalue weighted by Gasteiger charge is -2.30. The predicted octanol–water partition coefficient (Wildman–Crippen LogP) is -0.822. The third-order valence-corrected chi connectivity index (χ3v) is 1.98. The third kappa shape index (κ3) is 0.409. The monoisotopic (exact) mass is 98.1 g/mol. The van der Waals surface area contributed by atoms with Crippen molar-refractivity contribution in [1.82, 2.24) is 10.6 Å². The van der Waals surface area contributed by atoms with Crippen molar-refractivity contribution in [2.45, 2.75) is 6.04 Å². The fourth-order valence-electron chi connectivity index (χ4n) is 1.33. The summed E-state index contributed by atoms with van der Waals surface area (Å²) in [5.74, 6) is 0.972. The molecule has 0 aromatic carbocycles. The molecule has 0 spiro atoms. The Hall–Kier alpha value is -0.0800. The lowest BCUT2D eigenvalue weighted by Crippen LogP contribution is -2.51. The quantitative estimate of drug-likeness (QED) is 0.413. The van der Waals surface area contributed by atoms with E-state index in [1.54, 1.807) is 0 Å². The van der Waals surface area contributed by atoms with E-state index in [0.717, 1.165) is 12.0 Å². The molecule has 2 aliphatic rings. The van der Waals surface area contributed by atoms with Crippen LogP contribution in [0.15, 0.2) is 0 Å². The zero-order valence-corrected chi connectivity index (χ0v) is 4.28. The van der Waals surface area contributed by atoms with Gasteiger partial charge in [-0.3, -0.25) is 0 Å². The van der Waals surface area contributed by atoms with Gasteiger partial charge >= 0.3 is 0 Å². The van der Waals surface area contributed by atoms with Gasteiger partial charge in [-0.25, -0.2) is 0 Å². The molecule has 0 bridgehead atoms. The number of fused-ring (bicyclic) bond motifs is 1. The number of rotatable bonds is 0. The Morgan fingerprint density at radius 3 is 2.43 bits per heavy atom. The smallest absolute Gasteiger partial charge is 0.0245 e. The first-order chi connectivity index (χ1) is 3.47. The second-order valence-electron chi connectivity index (χ2n) is 2.43. The second-order valence-corrected chi connectivity index (χ2v) is 2.43. The molecule has 2 heterocycles. The van der Waals surface area contributed by atoms with E-state index < -0.39 is 0 Å². The maximum atomic E-state index is 3.34. The third-order valence-electron chi connectivity index (χ3n) is 1.98. The maximum absolute atomic E-state index is 3.34. The van der Waals surface area contributed by atoms with Crippen molar-refractivity contribution >= 4 is 0 Å². The molecule has 2 unspecified atom stereocenters. The topological polar surface area (TPSA) is 24.1 Å². The Labute approximate surface area is 43.3 Å². The van der Waals surface area contributed by atoms with Crippen LogP contribution in [0.2, 0.25) is 0 Å². The summed E-state index contributed by atoms with van der Waals surface area (Å²) in [5, 5.41) is 6.67. The van der Waals surface area contributed by atoms with E-state index in [-0.39, 0.29) is 0 Å². The lowest BCUT2D eigenvalue weighted by atomic mass is 9.96. The van der Waals surface area contributed by atoms with Gasteiger partial charge in [0.1, 0.15) is 0 Å². The molecule has 2 rings (SSSR count). The number of hydrogen-bond donors (Lipinski definition) is 2. The molecule has 0 radical (unpaired) electrons. The van der Waals surface area contributed by atoms with Crippen molar-refractivity contribution in [1.29, 1.82) is 0 Å². The van der Waals surface area contributed by atoms with Crippen molar-refractivity contribution in [2.24, 2.45) is 5.92 Å². The average molecular weight is 98.1 g/mol. The summed E-state index contributed by atoms with van der Waals surface area (Å²) in [6, 6.07) is 0.833. The molecule has 2 N–H and O–H groups in total. The molecule has 0 amide bonds. The van der Waals surface area contributed by atoms with Crippen LogP contribution < -0.4 is 10.6 Å². The lowest BCUT2D eigenvalue weighted by molar-refractivity contribution is 0.297. The van der Waals surface area contributed by atoms with Gasteiger partial charge in [0.25, 0.3) is 0 Å². The van der Waals surface area contributed by atoms with Gasteiger partial charge in [0.15, 0.2) is 0 Å². The van der Waals surface area contributed by atoms with Gasteiger partial charge in [-0.2, -0.15) is 0 Å². The van der Waals surface area contributed by atoms with Crippen molar-refractivity contribution in [3.05, 3.63) is 0 Å². The van der Waals surface area contributed by atoms with Crippen LogP contribution in [0.5, 0.6) is 0 Å². The molecule has 2 heteroatoms.